The molecule has 1 aromatic heterocycles. The van der Waals surface area contributed by atoms with Crippen LogP contribution in [0.1, 0.15) is 0 Å². The van der Waals surface area contributed by atoms with E-state index in [-0.39, 0.29) is 0 Å². The number of rotatable bonds is 1. The Morgan fingerprint density at radius 2 is 2.33 bits per heavy atom. The van der Waals surface area contributed by atoms with Crippen molar-refractivity contribution in [2.75, 3.05) is 18.4 Å². The molecule has 3 rings (SSSR count). The predicted octanol–water partition coefficient (Wildman–Crippen LogP) is 0.934. The average molecular weight is 201 g/mol. The number of nitrogens with one attached hydrogen (secondary N) is 3. The largest absolute Gasteiger partial charge is 0.354 e. The van der Waals surface area contributed by atoms with Crippen molar-refractivity contribution in [2.45, 2.75) is 0 Å². The third kappa shape index (κ3) is 1.41. The molecule has 3 N–H and O–H groups in total. The first kappa shape index (κ1) is 8.28. The minimum atomic E-state index is 0.837. The van der Waals surface area contributed by atoms with Gasteiger partial charge in [0.15, 0.2) is 5.96 Å². The summed E-state index contributed by atoms with van der Waals surface area (Å²) < 4.78 is 0. The third-order valence-corrected chi connectivity index (χ3v) is 2.41. The Morgan fingerprint density at radius 1 is 1.33 bits per heavy atom. The van der Waals surface area contributed by atoms with Crippen LogP contribution in [-0.2, 0) is 0 Å². The van der Waals surface area contributed by atoms with Crippen LogP contribution in [0, 0.1) is 0 Å². The van der Waals surface area contributed by atoms with Gasteiger partial charge in [0.25, 0.3) is 0 Å². The van der Waals surface area contributed by atoms with E-state index < -0.39 is 0 Å². The number of guanidine groups is 1. The number of aromatic amines is 1. The molecule has 2 aromatic rings. The van der Waals surface area contributed by atoms with E-state index in [2.05, 4.69) is 25.8 Å². The van der Waals surface area contributed by atoms with Gasteiger partial charge in [-0.2, -0.15) is 5.10 Å². The van der Waals surface area contributed by atoms with Crippen molar-refractivity contribution in [1.82, 2.24) is 15.5 Å². The fourth-order valence-electron chi connectivity index (χ4n) is 1.69. The molecule has 0 atom stereocenters. The zero-order chi connectivity index (χ0) is 10.1. The Bertz CT molecular complexity index is 513. The summed E-state index contributed by atoms with van der Waals surface area (Å²) in [7, 11) is 0. The molecule has 1 aromatic carbocycles. The van der Waals surface area contributed by atoms with E-state index in [1.807, 2.05) is 24.4 Å². The number of nitrogens with zero attached hydrogens (tertiary/aromatic N) is 2. The zero-order valence-electron chi connectivity index (χ0n) is 8.12. The summed E-state index contributed by atoms with van der Waals surface area (Å²) in [5.41, 5.74) is 2.05. The lowest BCUT2D eigenvalue weighted by Gasteiger charge is -2.06. The number of fused-ring (bicyclic) bond motifs is 1. The highest BCUT2D eigenvalue weighted by Crippen LogP contribution is 2.20. The molecule has 1 aliphatic rings. The summed E-state index contributed by atoms with van der Waals surface area (Å²) in [5.74, 6) is 0.837. The molecule has 76 valence electrons. The first-order valence-electron chi connectivity index (χ1n) is 4.91. The summed E-state index contributed by atoms with van der Waals surface area (Å²) in [6.45, 7) is 1.74. The molecule has 0 radical (unpaired) electrons. The molecule has 0 spiro atoms. The molecule has 0 fully saturated rings. The van der Waals surface area contributed by atoms with Crippen LogP contribution in [0.25, 0.3) is 10.9 Å². The summed E-state index contributed by atoms with van der Waals surface area (Å²) >= 11 is 0. The second-order valence-corrected chi connectivity index (χ2v) is 3.42. The van der Waals surface area contributed by atoms with Gasteiger partial charge in [0.2, 0.25) is 0 Å². The average Bonchev–Trinajstić information content (AvgIpc) is 2.87. The van der Waals surface area contributed by atoms with Crippen molar-refractivity contribution in [3.05, 3.63) is 24.4 Å². The number of H-pyrrole nitrogens is 1. The third-order valence-electron chi connectivity index (χ3n) is 2.41. The van der Waals surface area contributed by atoms with E-state index >= 15 is 0 Å². The van der Waals surface area contributed by atoms with Gasteiger partial charge in [0, 0.05) is 11.9 Å². The maximum Gasteiger partial charge on any atom is 0.195 e. The highest BCUT2D eigenvalue weighted by molar-refractivity contribution is 6.02. The smallest absolute Gasteiger partial charge is 0.195 e. The SMILES string of the molecule is c1cc(NC2=NCCN2)c2cn[nH]c2c1. The fraction of sp³-hybridized carbons (Fsp3) is 0.200. The molecule has 0 amide bonds. The molecule has 0 aliphatic carbocycles. The Hall–Kier alpha value is -2.04. The number of aromatic nitrogens is 2. The Kier molecular flexibility index (Phi) is 1.81. The second kappa shape index (κ2) is 3.27. The minimum Gasteiger partial charge on any atom is -0.354 e. The van der Waals surface area contributed by atoms with E-state index in [4.69, 9.17) is 0 Å². The molecule has 0 unspecified atom stereocenters. The Balaban J connectivity index is 1.99. The van der Waals surface area contributed by atoms with E-state index in [0.29, 0.717) is 0 Å². The number of hydrogen-bond acceptors (Lipinski definition) is 4. The fourth-order valence-corrected chi connectivity index (χ4v) is 1.69. The molecule has 0 saturated heterocycles. The summed E-state index contributed by atoms with van der Waals surface area (Å²) in [6.07, 6.45) is 1.81. The lowest BCUT2D eigenvalue weighted by molar-refractivity contribution is 0.959. The van der Waals surface area contributed by atoms with E-state index in [1.165, 1.54) is 0 Å². The van der Waals surface area contributed by atoms with Crippen molar-refractivity contribution in [3.8, 4) is 0 Å². The van der Waals surface area contributed by atoms with Crippen LogP contribution in [0.2, 0.25) is 0 Å². The van der Waals surface area contributed by atoms with Gasteiger partial charge in [-0.25, -0.2) is 0 Å². The van der Waals surface area contributed by atoms with Crippen molar-refractivity contribution < 1.29 is 0 Å². The Labute approximate surface area is 86.6 Å². The molecule has 0 bridgehead atoms. The second-order valence-electron chi connectivity index (χ2n) is 3.42. The minimum absolute atomic E-state index is 0.837. The van der Waals surface area contributed by atoms with E-state index in [1.54, 1.807) is 0 Å². The van der Waals surface area contributed by atoms with Gasteiger partial charge < -0.3 is 10.6 Å². The van der Waals surface area contributed by atoms with Crippen LogP contribution < -0.4 is 10.6 Å². The molecular weight excluding hydrogens is 190 g/mol. The van der Waals surface area contributed by atoms with Crippen molar-refractivity contribution >= 4 is 22.5 Å². The van der Waals surface area contributed by atoms with Gasteiger partial charge in [0.1, 0.15) is 0 Å². The van der Waals surface area contributed by atoms with Crippen LogP contribution >= 0.6 is 0 Å². The van der Waals surface area contributed by atoms with Gasteiger partial charge in [-0.05, 0) is 12.1 Å². The maximum atomic E-state index is 4.29. The number of anilines is 1. The van der Waals surface area contributed by atoms with Gasteiger partial charge in [-0.15, -0.1) is 0 Å². The molecule has 1 aliphatic heterocycles. The standard InChI is InChI=1S/C10H11N5/c1-2-8(14-10-11-4-5-12-10)7-6-13-15-9(7)3-1/h1-3,6H,4-5H2,(H,13,15)(H2,11,12,14). The van der Waals surface area contributed by atoms with E-state index in [9.17, 15) is 0 Å². The first-order chi connectivity index (χ1) is 7.43. The molecule has 2 heterocycles. The lowest BCUT2D eigenvalue weighted by atomic mass is 10.2. The predicted molar refractivity (Wildman–Crippen MR) is 60.0 cm³/mol. The molecule has 5 nitrogen and oxygen atoms in total. The quantitative estimate of drug-likeness (QED) is 0.643. The van der Waals surface area contributed by atoms with Crippen LogP contribution in [0.15, 0.2) is 29.4 Å². The maximum absolute atomic E-state index is 4.29. The summed E-state index contributed by atoms with van der Waals surface area (Å²) in [5, 5.41) is 14.4. The molecule has 0 saturated carbocycles. The highest BCUT2D eigenvalue weighted by atomic mass is 15.2. The van der Waals surface area contributed by atoms with Crippen LogP contribution in [0.5, 0.6) is 0 Å². The van der Waals surface area contributed by atoms with Gasteiger partial charge in [-0.1, -0.05) is 6.07 Å². The van der Waals surface area contributed by atoms with Gasteiger partial charge in [0.05, 0.1) is 23.9 Å². The molecule has 5 heteroatoms. The number of hydrogen-bond donors (Lipinski definition) is 3. The normalized spacial score (nSPS) is 15.1. The Morgan fingerprint density at radius 3 is 3.20 bits per heavy atom. The summed E-state index contributed by atoms with van der Waals surface area (Å²) in [4.78, 5) is 4.29. The number of aliphatic imine (C=N–C) groups is 1. The van der Waals surface area contributed by atoms with Gasteiger partial charge in [-0.3, -0.25) is 10.1 Å². The monoisotopic (exact) mass is 201 g/mol. The highest BCUT2D eigenvalue weighted by Gasteiger charge is 2.07. The lowest BCUT2D eigenvalue weighted by Crippen LogP contribution is -2.26. The van der Waals surface area contributed by atoms with Crippen LogP contribution in [0.4, 0.5) is 5.69 Å². The van der Waals surface area contributed by atoms with Crippen LogP contribution in [-0.4, -0.2) is 29.2 Å². The van der Waals surface area contributed by atoms with Gasteiger partial charge >= 0.3 is 0 Å². The van der Waals surface area contributed by atoms with Crippen molar-refractivity contribution in [1.29, 1.82) is 0 Å². The van der Waals surface area contributed by atoms with Crippen molar-refractivity contribution in [3.63, 3.8) is 0 Å². The number of benzene rings is 1. The molecule has 15 heavy (non-hydrogen) atoms. The topological polar surface area (TPSA) is 65.1 Å². The summed E-state index contributed by atoms with van der Waals surface area (Å²) in [6, 6.07) is 6.00. The molecular formula is C10H11N5. The van der Waals surface area contributed by atoms with E-state index in [0.717, 1.165) is 35.6 Å². The van der Waals surface area contributed by atoms with Crippen molar-refractivity contribution in [2.24, 2.45) is 4.99 Å². The first-order valence-corrected chi connectivity index (χ1v) is 4.91. The van der Waals surface area contributed by atoms with Crippen LogP contribution in [0.3, 0.4) is 0 Å². The zero-order valence-corrected chi connectivity index (χ0v) is 8.12.